The van der Waals surface area contributed by atoms with Crippen LogP contribution in [0, 0.1) is 0 Å². The van der Waals surface area contributed by atoms with E-state index in [0.29, 0.717) is 5.11 Å². The van der Waals surface area contributed by atoms with Crippen LogP contribution in [-0.4, -0.2) is 62.2 Å². The first-order chi connectivity index (χ1) is 11.2. The topological polar surface area (TPSA) is 58.1 Å². The molecule has 0 spiro atoms. The van der Waals surface area contributed by atoms with Crippen molar-refractivity contribution < 1.29 is 9.47 Å². The molecule has 23 heavy (non-hydrogen) atoms. The van der Waals surface area contributed by atoms with E-state index in [4.69, 9.17) is 21.7 Å². The minimum atomic E-state index is 0.533. The predicted molar refractivity (Wildman–Crippen MR) is 96.2 cm³/mol. The van der Waals surface area contributed by atoms with E-state index in [-0.39, 0.29) is 0 Å². The molecular weight excluding hydrogens is 312 g/mol. The summed E-state index contributed by atoms with van der Waals surface area (Å²) in [4.78, 5) is 2.35. The molecule has 0 aromatic heterocycles. The number of hydrazone groups is 1. The molecule has 1 aliphatic rings. The number of nitrogens with zero attached hydrogens (tertiary/aromatic N) is 2. The molecule has 6 nitrogen and oxygen atoms in total. The van der Waals surface area contributed by atoms with Crippen LogP contribution in [0.5, 0.6) is 5.75 Å². The van der Waals surface area contributed by atoms with Crippen LogP contribution in [0.3, 0.4) is 0 Å². The Labute approximate surface area is 142 Å². The van der Waals surface area contributed by atoms with Crippen molar-refractivity contribution in [1.29, 1.82) is 0 Å². The first-order valence-electron chi connectivity index (χ1n) is 7.71. The lowest BCUT2D eigenvalue weighted by Gasteiger charge is -2.26. The average Bonchev–Trinajstić information content (AvgIpc) is 2.60. The maximum absolute atomic E-state index is 5.32. The van der Waals surface area contributed by atoms with Crippen molar-refractivity contribution in [1.82, 2.24) is 15.6 Å². The zero-order valence-electron chi connectivity index (χ0n) is 13.7. The number of hydrogen-bond donors (Lipinski definition) is 2. The van der Waals surface area contributed by atoms with E-state index in [9.17, 15) is 0 Å². The summed E-state index contributed by atoms with van der Waals surface area (Å²) >= 11 is 5.24. The van der Waals surface area contributed by atoms with Crippen LogP contribution in [0.4, 0.5) is 0 Å². The molecule has 1 saturated heterocycles. The molecular formula is C16H24N4O2S. The highest BCUT2D eigenvalue weighted by Gasteiger charge is 2.09. The minimum absolute atomic E-state index is 0.533. The number of thiocarbonyl (C=S) groups is 1. The number of nitrogens with one attached hydrogen (secondary N) is 2. The summed E-state index contributed by atoms with van der Waals surface area (Å²) in [5.74, 6) is 0.829. The second-order valence-electron chi connectivity index (χ2n) is 5.25. The van der Waals surface area contributed by atoms with Gasteiger partial charge in [0.15, 0.2) is 5.11 Å². The van der Waals surface area contributed by atoms with Crippen molar-refractivity contribution in [2.75, 3.05) is 46.5 Å². The molecule has 1 aromatic rings. The minimum Gasteiger partial charge on any atom is -0.497 e. The van der Waals surface area contributed by atoms with Gasteiger partial charge in [-0.3, -0.25) is 10.3 Å². The van der Waals surface area contributed by atoms with Crippen molar-refractivity contribution in [3.63, 3.8) is 0 Å². The fourth-order valence-corrected chi connectivity index (χ4v) is 2.37. The lowest BCUT2D eigenvalue weighted by molar-refractivity contribution is 0.0389. The summed E-state index contributed by atoms with van der Waals surface area (Å²) in [6.07, 6.45) is 0. The summed E-state index contributed by atoms with van der Waals surface area (Å²) in [7, 11) is 1.65. The summed E-state index contributed by atoms with van der Waals surface area (Å²) < 4.78 is 10.5. The zero-order valence-corrected chi connectivity index (χ0v) is 14.5. The van der Waals surface area contributed by atoms with E-state index >= 15 is 0 Å². The molecule has 0 amide bonds. The van der Waals surface area contributed by atoms with Crippen molar-refractivity contribution in [3.8, 4) is 5.75 Å². The van der Waals surface area contributed by atoms with Gasteiger partial charge in [0.25, 0.3) is 0 Å². The molecule has 0 radical (unpaired) electrons. The normalized spacial score (nSPS) is 16.0. The number of rotatable bonds is 6. The van der Waals surface area contributed by atoms with Crippen LogP contribution < -0.4 is 15.5 Å². The standard InChI is InChI=1S/C16H24N4O2S/c1-13(14-3-5-15(21-2)6-4-14)18-19-16(23)17-7-8-20-9-11-22-12-10-20/h3-6H,7-12H2,1-2H3,(H2,17,19,23)/b18-13+. The van der Waals surface area contributed by atoms with Crippen LogP contribution in [0.25, 0.3) is 0 Å². The lowest BCUT2D eigenvalue weighted by Crippen LogP contribution is -2.42. The van der Waals surface area contributed by atoms with E-state index in [1.165, 1.54) is 0 Å². The number of morpholine rings is 1. The van der Waals surface area contributed by atoms with E-state index in [0.717, 1.165) is 56.4 Å². The Morgan fingerprint density at radius 2 is 2.00 bits per heavy atom. The van der Waals surface area contributed by atoms with Gasteiger partial charge in [0.1, 0.15) is 5.75 Å². The largest absolute Gasteiger partial charge is 0.497 e. The third-order valence-corrected chi connectivity index (χ3v) is 3.89. The van der Waals surface area contributed by atoms with Crippen LogP contribution in [0.15, 0.2) is 29.4 Å². The maximum atomic E-state index is 5.32. The molecule has 0 saturated carbocycles. The smallest absolute Gasteiger partial charge is 0.187 e. The van der Waals surface area contributed by atoms with Crippen LogP contribution in [0.2, 0.25) is 0 Å². The number of methoxy groups -OCH3 is 1. The Bertz CT molecular complexity index is 527. The third kappa shape index (κ3) is 6.13. The van der Waals surface area contributed by atoms with Crippen molar-refractivity contribution >= 4 is 23.0 Å². The Kier molecular flexibility index (Phi) is 7.25. The van der Waals surface area contributed by atoms with Crippen molar-refractivity contribution in [3.05, 3.63) is 29.8 Å². The number of benzene rings is 1. The van der Waals surface area contributed by atoms with Gasteiger partial charge in [0, 0.05) is 26.2 Å². The Morgan fingerprint density at radius 1 is 1.30 bits per heavy atom. The third-order valence-electron chi connectivity index (χ3n) is 3.65. The van der Waals surface area contributed by atoms with Crippen LogP contribution in [-0.2, 0) is 4.74 Å². The van der Waals surface area contributed by atoms with Crippen LogP contribution in [0.1, 0.15) is 12.5 Å². The van der Waals surface area contributed by atoms with E-state index in [2.05, 4.69) is 20.7 Å². The molecule has 0 aliphatic carbocycles. The second-order valence-corrected chi connectivity index (χ2v) is 5.66. The number of hydrogen-bond acceptors (Lipinski definition) is 5. The van der Waals surface area contributed by atoms with Gasteiger partial charge in [-0.2, -0.15) is 5.10 Å². The Hall–Kier alpha value is -1.70. The van der Waals surface area contributed by atoms with E-state index < -0.39 is 0 Å². The molecule has 1 aliphatic heterocycles. The molecule has 126 valence electrons. The van der Waals surface area contributed by atoms with Gasteiger partial charge in [0.05, 0.1) is 26.0 Å². The molecule has 1 heterocycles. The van der Waals surface area contributed by atoms with Gasteiger partial charge in [-0.15, -0.1) is 0 Å². The lowest BCUT2D eigenvalue weighted by atomic mass is 10.1. The SMILES string of the molecule is COc1ccc(/C(C)=N/NC(=S)NCCN2CCOCC2)cc1. The van der Waals surface area contributed by atoms with Gasteiger partial charge >= 0.3 is 0 Å². The summed E-state index contributed by atoms with van der Waals surface area (Å²) in [5, 5.41) is 8.00. The quantitative estimate of drug-likeness (QED) is 0.463. The molecule has 1 fully saturated rings. The first-order valence-corrected chi connectivity index (χ1v) is 8.12. The molecule has 1 aromatic carbocycles. The van der Waals surface area contributed by atoms with Gasteiger partial charge in [-0.25, -0.2) is 0 Å². The molecule has 0 bridgehead atoms. The highest BCUT2D eigenvalue weighted by molar-refractivity contribution is 7.80. The van der Waals surface area contributed by atoms with Gasteiger partial charge in [-0.1, -0.05) is 0 Å². The maximum Gasteiger partial charge on any atom is 0.187 e. The monoisotopic (exact) mass is 336 g/mol. The van der Waals surface area contributed by atoms with Gasteiger partial charge in [-0.05, 0) is 49.0 Å². The van der Waals surface area contributed by atoms with Crippen molar-refractivity contribution in [2.45, 2.75) is 6.92 Å². The summed E-state index contributed by atoms with van der Waals surface area (Å²) in [6, 6.07) is 7.75. The second kappa shape index (κ2) is 9.44. The molecule has 7 heteroatoms. The molecule has 2 rings (SSSR count). The van der Waals surface area contributed by atoms with Crippen LogP contribution >= 0.6 is 12.2 Å². The summed E-state index contributed by atoms with van der Waals surface area (Å²) in [6.45, 7) is 7.27. The Morgan fingerprint density at radius 3 is 2.65 bits per heavy atom. The average molecular weight is 336 g/mol. The fourth-order valence-electron chi connectivity index (χ4n) is 2.22. The van der Waals surface area contributed by atoms with E-state index in [1.807, 2.05) is 31.2 Å². The molecule has 0 atom stereocenters. The highest BCUT2D eigenvalue weighted by atomic mass is 32.1. The summed E-state index contributed by atoms with van der Waals surface area (Å²) in [5.41, 5.74) is 4.77. The molecule has 2 N–H and O–H groups in total. The van der Waals surface area contributed by atoms with Gasteiger partial charge in [0.2, 0.25) is 0 Å². The van der Waals surface area contributed by atoms with Gasteiger partial charge < -0.3 is 14.8 Å². The predicted octanol–water partition coefficient (Wildman–Crippen LogP) is 1.22. The fraction of sp³-hybridized carbons (Fsp3) is 0.500. The Balaban J connectivity index is 1.71. The number of ether oxygens (including phenoxy) is 2. The van der Waals surface area contributed by atoms with E-state index in [1.54, 1.807) is 7.11 Å². The highest BCUT2D eigenvalue weighted by Crippen LogP contribution is 2.11. The zero-order chi connectivity index (χ0) is 16.5. The van der Waals surface area contributed by atoms with Crippen molar-refractivity contribution in [2.24, 2.45) is 5.10 Å². The molecule has 0 unspecified atom stereocenters. The first kappa shape index (κ1) is 17.7.